The van der Waals surface area contributed by atoms with E-state index in [0.29, 0.717) is 45.6 Å². The molecule has 0 fully saturated rings. The molecule has 0 N–H and O–H groups in total. The molecule has 350 valence electrons. The molecule has 2 heterocycles. The van der Waals surface area contributed by atoms with Gasteiger partial charge < -0.3 is 18.6 Å². The van der Waals surface area contributed by atoms with Gasteiger partial charge in [0.05, 0.1) is 38.1 Å². The second-order valence-electron chi connectivity index (χ2n) is 20.1. The van der Waals surface area contributed by atoms with Crippen molar-refractivity contribution in [2.75, 3.05) is 33.1 Å². The smallest absolute Gasteiger partial charge is 0.279 e. The Kier molecular flexibility index (Phi) is 16.2. The summed E-state index contributed by atoms with van der Waals surface area (Å²) in [5.74, 6) is 0.432. The summed E-state index contributed by atoms with van der Waals surface area (Å²) in [6.45, 7) is 26.8. The Morgan fingerprint density at radius 1 is 0.875 bits per heavy atom. The highest BCUT2D eigenvalue weighted by molar-refractivity contribution is 7.89. The maximum absolute atomic E-state index is 14.6. The van der Waals surface area contributed by atoms with E-state index in [2.05, 4.69) is 73.1 Å². The number of benzene rings is 3. The molecule has 64 heavy (non-hydrogen) atoms. The Hall–Kier alpha value is -3.87. The molecular formula is C44H65N5O10S2Si3. The van der Waals surface area contributed by atoms with Crippen molar-refractivity contribution in [3.05, 3.63) is 91.5 Å². The molecule has 0 radical (unpaired) electrons. The minimum Gasteiger partial charge on any atom is -0.465 e. The molecule has 2 aromatic heterocycles. The zero-order valence-electron chi connectivity index (χ0n) is 39.3. The Bertz CT molecular complexity index is 2670. The van der Waals surface area contributed by atoms with Gasteiger partial charge in [0.25, 0.3) is 16.8 Å². The van der Waals surface area contributed by atoms with E-state index in [1.165, 1.54) is 20.4 Å². The third kappa shape index (κ3) is 12.7. The summed E-state index contributed by atoms with van der Waals surface area (Å²) in [5, 5.41) is 11.6. The van der Waals surface area contributed by atoms with Crippen molar-refractivity contribution < 1.29 is 32.0 Å². The van der Waals surface area contributed by atoms with Crippen molar-refractivity contribution >= 4 is 72.8 Å². The van der Waals surface area contributed by atoms with Crippen LogP contribution in [0.3, 0.4) is 0 Å². The number of hydrogen-bond acceptors (Lipinski definition) is 12. The first-order valence-corrected chi connectivity index (χ1v) is 34.1. The van der Waals surface area contributed by atoms with Gasteiger partial charge in [-0.15, -0.1) is 0 Å². The van der Waals surface area contributed by atoms with Crippen molar-refractivity contribution in [3.8, 4) is 17.0 Å². The van der Waals surface area contributed by atoms with E-state index < -0.39 is 51.1 Å². The van der Waals surface area contributed by atoms with Gasteiger partial charge in [-0.2, -0.15) is 4.31 Å². The van der Waals surface area contributed by atoms with E-state index in [4.69, 9.17) is 23.6 Å². The maximum atomic E-state index is 14.6. The van der Waals surface area contributed by atoms with E-state index in [1.54, 1.807) is 41.0 Å². The predicted octanol–water partition coefficient (Wildman–Crippen LogP) is 9.45. The summed E-state index contributed by atoms with van der Waals surface area (Å²) in [6.07, 6.45) is -0.509. The van der Waals surface area contributed by atoms with Gasteiger partial charge in [-0.1, -0.05) is 89.8 Å². The molecule has 0 aliphatic heterocycles. The largest absolute Gasteiger partial charge is 0.465 e. The van der Waals surface area contributed by atoms with Crippen molar-refractivity contribution in [2.45, 2.75) is 121 Å². The molecule has 3 aromatic carbocycles. The number of hydrogen-bond donors (Lipinski definition) is 0. The monoisotopic (exact) mass is 971 g/mol. The first-order chi connectivity index (χ1) is 29.7. The highest BCUT2D eigenvalue weighted by Gasteiger charge is 2.39. The fourth-order valence-electron chi connectivity index (χ4n) is 6.56. The van der Waals surface area contributed by atoms with Gasteiger partial charge in [-0.3, -0.25) is 28.2 Å². The van der Waals surface area contributed by atoms with Crippen LogP contribution in [0.5, 0.6) is 5.75 Å². The SMILES string of the molecule is C[C@H](CN(CCn1sc2c(-c3nc4c(OCOCC[Si](C)(C)C)cccc4n(COCC[Si](C)(C)C)c3=O)cccc2c1=O)S(=O)(=O)c1ccc([N+](=O)[O-])cc1)O[Si](C)(C)C(C)(C)C. The standard InChI is InChI=1S/C44H65N5O10S2Si3/c1-32(59-64(11,12)44(2,3)4)29-46(61(54,55)34-21-19-33(20-22-34)49(52)53)23-24-48-42(50)36-16-13-15-35(41(36)60-48)39-43(51)47(30-56-25-27-62(5,6)7)37-17-14-18-38(40(37)45-39)58-31-57-26-28-63(8,9)10/h13-22,32H,23-31H2,1-12H3/t32-/m1/s1. The summed E-state index contributed by atoms with van der Waals surface area (Å²) in [7, 11) is -9.27. The van der Waals surface area contributed by atoms with Gasteiger partial charge in [-0.05, 0) is 67.5 Å². The summed E-state index contributed by atoms with van der Waals surface area (Å²) < 4.78 is 58.1. The molecule has 0 saturated carbocycles. The van der Waals surface area contributed by atoms with Crippen LogP contribution in [0.25, 0.3) is 32.4 Å². The first kappa shape index (κ1) is 51.1. The van der Waals surface area contributed by atoms with Gasteiger partial charge in [0.1, 0.15) is 23.7 Å². The van der Waals surface area contributed by atoms with Crippen LogP contribution in [-0.4, -0.2) is 94.8 Å². The van der Waals surface area contributed by atoms with Crippen LogP contribution in [0.4, 0.5) is 5.69 Å². The maximum Gasteiger partial charge on any atom is 0.279 e. The zero-order chi connectivity index (χ0) is 47.4. The lowest BCUT2D eigenvalue weighted by atomic mass is 10.1. The quantitative estimate of drug-likeness (QED) is 0.0212. The Balaban J connectivity index is 1.54. The highest BCUT2D eigenvalue weighted by Crippen LogP contribution is 2.38. The van der Waals surface area contributed by atoms with E-state index in [0.717, 1.165) is 35.8 Å². The average molecular weight is 972 g/mol. The first-order valence-electron chi connectivity index (χ1n) is 21.6. The van der Waals surface area contributed by atoms with Crippen molar-refractivity contribution in [3.63, 3.8) is 0 Å². The van der Waals surface area contributed by atoms with Crippen LogP contribution >= 0.6 is 11.5 Å². The van der Waals surface area contributed by atoms with Crippen LogP contribution in [-0.2, 0) is 37.2 Å². The fourth-order valence-corrected chi connectivity index (χ4v) is 12.1. The Labute approximate surface area is 383 Å². The second kappa shape index (κ2) is 20.3. The molecule has 0 saturated heterocycles. The van der Waals surface area contributed by atoms with E-state index in [9.17, 15) is 28.1 Å². The number of non-ortho nitro benzene ring substituents is 1. The summed E-state index contributed by atoms with van der Waals surface area (Å²) in [6, 6.07) is 17.2. The zero-order valence-corrected chi connectivity index (χ0v) is 44.0. The third-order valence-corrected chi connectivity index (χ3v) is 22.5. The Morgan fingerprint density at radius 2 is 1.50 bits per heavy atom. The number of nitro groups is 1. The topological polar surface area (TPSA) is 174 Å². The molecule has 0 unspecified atom stereocenters. The molecule has 1 atom stereocenters. The average Bonchev–Trinajstić information content (AvgIpc) is 3.51. The minimum atomic E-state index is -4.21. The number of aromatic nitrogens is 3. The lowest BCUT2D eigenvalue weighted by Gasteiger charge is -2.39. The normalized spacial score (nSPS) is 13.6. The van der Waals surface area contributed by atoms with Gasteiger partial charge in [0.2, 0.25) is 10.0 Å². The molecule has 15 nitrogen and oxygen atoms in total. The molecule has 0 aliphatic rings. The van der Waals surface area contributed by atoms with Crippen LogP contribution in [0.1, 0.15) is 27.7 Å². The van der Waals surface area contributed by atoms with Crippen molar-refractivity contribution in [2.24, 2.45) is 0 Å². The minimum absolute atomic E-state index is 0.00458. The summed E-state index contributed by atoms with van der Waals surface area (Å²) >= 11 is 1.12. The van der Waals surface area contributed by atoms with Crippen LogP contribution < -0.4 is 15.9 Å². The molecular weight excluding hydrogens is 907 g/mol. The number of nitro benzene ring substituents is 1. The molecule has 5 rings (SSSR count). The number of nitrogens with zero attached hydrogens (tertiary/aromatic N) is 5. The van der Waals surface area contributed by atoms with Crippen LogP contribution in [0.2, 0.25) is 69.5 Å². The van der Waals surface area contributed by atoms with Gasteiger partial charge in [0.15, 0.2) is 15.1 Å². The van der Waals surface area contributed by atoms with E-state index in [1.807, 2.05) is 6.92 Å². The Morgan fingerprint density at radius 3 is 2.11 bits per heavy atom. The van der Waals surface area contributed by atoms with Gasteiger partial charge in [0, 0.05) is 60.1 Å². The molecule has 0 bridgehead atoms. The number of para-hydroxylation sites is 1. The third-order valence-electron chi connectivity index (χ3n) is 11.4. The number of fused-ring (bicyclic) bond motifs is 2. The van der Waals surface area contributed by atoms with Crippen molar-refractivity contribution in [1.29, 1.82) is 0 Å². The predicted molar refractivity (Wildman–Crippen MR) is 264 cm³/mol. The summed E-state index contributed by atoms with van der Waals surface area (Å²) in [5.41, 5.74) is 0.519. The lowest BCUT2D eigenvalue weighted by Crippen LogP contribution is -2.47. The number of rotatable bonds is 22. The number of ether oxygens (including phenoxy) is 3. The number of sulfonamides is 1. The van der Waals surface area contributed by atoms with Gasteiger partial charge >= 0.3 is 0 Å². The molecule has 0 amide bonds. The molecule has 0 aliphatic carbocycles. The second-order valence-corrected chi connectivity index (χ2v) is 39.1. The van der Waals surface area contributed by atoms with Gasteiger partial charge in [-0.25, -0.2) is 13.4 Å². The van der Waals surface area contributed by atoms with E-state index in [-0.39, 0.29) is 60.0 Å². The van der Waals surface area contributed by atoms with Crippen molar-refractivity contribution in [1.82, 2.24) is 17.8 Å². The fraction of sp³-hybridized carbons (Fsp3) is 0.523. The van der Waals surface area contributed by atoms with Crippen LogP contribution in [0.15, 0.2) is 75.1 Å². The lowest BCUT2D eigenvalue weighted by molar-refractivity contribution is -0.384. The summed E-state index contributed by atoms with van der Waals surface area (Å²) in [4.78, 5) is 44.3. The molecule has 0 spiro atoms. The molecule has 20 heteroatoms. The highest BCUT2D eigenvalue weighted by atomic mass is 32.2. The van der Waals surface area contributed by atoms with E-state index >= 15 is 0 Å². The van der Waals surface area contributed by atoms with Crippen LogP contribution in [0, 0.1) is 10.1 Å². The molecule has 5 aromatic rings.